The van der Waals surface area contributed by atoms with Gasteiger partial charge in [0.1, 0.15) is 0 Å². The standard InChI is InChI=1S/C16H24N2O2/c1-3-16(17-14-9-7-12(2)8-10-14)13-5-4-6-15(11-13)18(19)20/h4-6,11-12,14,16-17H,3,7-10H2,1-2H3. The van der Waals surface area contributed by atoms with Crippen molar-refractivity contribution in [1.82, 2.24) is 5.32 Å². The van der Waals surface area contributed by atoms with Gasteiger partial charge in [0.05, 0.1) is 4.92 Å². The molecule has 1 N–H and O–H groups in total. The Hall–Kier alpha value is -1.42. The zero-order valence-electron chi connectivity index (χ0n) is 12.3. The molecule has 1 aromatic rings. The lowest BCUT2D eigenvalue weighted by molar-refractivity contribution is -0.384. The van der Waals surface area contributed by atoms with Crippen LogP contribution < -0.4 is 5.32 Å². The molecule has 1 aliphatic carbocycles. The number of nitro groups is 1. The van der Waals surface area contributed by atoms with E-state index in [4.69, 9.17) is 0 Å². The van der Waals surface area contributed by atoms with E-state index in [1.807, 2.05) is 6.07 Å². The molecule has 0 heterocycles. The van der Waals surface area contributed by atoms with Crippen LogP contribution in [0.1, 0.15) is 57.6 Å². The van der Waals surface area contributed by atoms with Crippen molar-refractivity contribution in [2.75, 3.05) is 0 Å². The summed E-state index contributed by atoms with van der Waals surface area (Å²) in [5.41, 5.74) is 1.21. The van der Waals surface area contributed by atoms with Gasteiger partial charge < -0.3 is 5.32 Å². The molecule has 0 saturated heterocycles. The van der Waals surface area contributed by atoms with Gasteiger partial charge in [0.25, 0.3) is 5.69 Å². The predicted octanol–water partition coefficient (Wildman–Crippen LogP) is 4.21. The van der Waals surface area contributed by atoms with E-state index in [1.54, 1.807) is 18.2 Å². The molecule has 1 aromatic carbocycles. The smallest absolute Gasteiger partial charge is 0.269 e. The molecule has 4 heteroatoms. The SMILES string of the molecule is CCC(NC1CCC(C)CC1)c1cccc([N+](=O)[O-])c1. The zero-order valence-corrected chi connectivity index (χ0v) is 12.3. The summed E-state index contributed by atoms with van der Waals surface area (Å²) in [5, 5.41) is 14.6. The van der Waals surface area contributed by atoms with Crippen LogP contribution in [0.4, 0.5) is 5.69 Å². The Morgan fingerprint density at radius 3 is 2.65 bits per heavy atom. The molecule has 1 aliphatic rings. The predicted molar refractivity (Wildman–Crippen MR) is 80.7 cm³/mol. The maximum absolute atomic E-state index is 10.9. The highest BCUT2D eigenvalue weighted by Crippen LogP contribution is 2.27. The number of non-ortho nitro benzene ring substituents is 1. The summed E-state index contributed by atoms with van der Waals surface area (Å²) in [6.45, 7) is 4.44. The molecule has 1 fully saturated rings. The molecule has 1 saturated carbocycles. The molecule has 0 bridgehead atoms. The van der Waals surface area contributed by atoms with Crippen LogP contribution >= 0.6 is 0 Å². The molecular formula is C16H24N2O2. The summed E-state index contributed by atoms with van der Waals surface area (Å²) in [6, 6.07) is 7.79. The first-order valence-corrected chi connectivity index (χ1v) is 7.60. The minimum Gasteiger partial charge on any atom is -0.307 e. The van der Waals surface area contributed by atoms with E-state index in [9.17, 15) is 10.1 Å². The average molecular weight is 276 g/mol. The van der Waals surface area contributed by atoms with Gasteiger partial charge >= 0.3 is 0 Å². The molecule has 110 valence electrons. The molecule has 0 spiro atoms. The average Bonchev–Trinajstić information content (AvgIpc) is 2.46. The Bertz CT molecular complexity index is 454. The molecule has 20 heavy (non-hydrogen) atoms. The Morgan fingerprint density at radius 1 is 1.35 bits per heavy atom. The van der Waals surface area contributed by atoms with Gasteiger partial charge in [0.2, 0.25) is 0 Å². The summed E-state index contributed by atoms with van der Waals surface area (Å²) < 4.78 is 0. The van der Waals surface area contributed by atoms with E-state index in [2.05, 4.69) is 19.2 Å². The second-order valence-corrected chi connectivity index (χ2v) is 5.94. The number of nitrogens with one attached hydrogen (secondary N) is 1. The van der Waals surface area contributed by atoms with Crippen LogP contribution in [0.15, 0.2) is 24.3 Å². The topological polar surface area (TPSA) is 55.2 Å². The highest BCUT2D eigenvalue weighted by atomic mass is 16.6. The van der Waals surface area contributed by atoms with Crippen molar-refractivity contribution in [1.29, 1.82) is 0 Å². The van der Waals surface area contributed by atoms with Crippen LogP contribution in [0.25, 0.3) is 0 Å². The van der Waals surface area contributed by atoms with Gasteiger partial charge in [-0.1, -0.05) is 26.0 Å². The van der Waals surface area contributed by atoms with Crippen molar-refractivity contribution in [3.05, 3.63) is 39.9 Å². The molecule has 1 unspecified atom stereocenters. The van der Waals surface area contributed by atoms with Gasteiger partial charge in [-0.25, -0.2) is 0 Å². The van der Waals surface area contributed by atoms with Crippen molar-refractivity contribution in [2.45, 2.75) is 58.0 Å². The summed E-state index contributed by atoms with van der Waals surface area (Å²) in [6.07, 6.45) is 5.94. The third kappa shape index (κ3) is 3.79. The number of nitrogens with zero attached hydrogens (tertiary/aromatic N) is 1. The molecule has 2 rings (SSSR count). The fourth-order valence-corrected chi connectivity index (χ4v) is 3.02. The van der Waals surface area contributed by atoms with Crippen molar-refractivity contribution >= 4 is 5.69 Å². The lowest BCUT2D eigenvalue weighted by Gasteiger charge is -2.30. The summed E-state index contributed by atoms with van der Waals surface area (Å²) >= 11 is 0. The Balaban J connectivity index is 2.04. The molecule has 0 aromatic heterocycles. The van der Waals surface area contributed by atoms with Crippen molar-refractivity contribution in [2.24, 2.45) is 5.92 Å². The lowest BCUT2D eigenvalue weighted by atomic mass is 9.86. The minimum absolute atomic E-state index is 0.181. The van der Waals surface area contributed by atoms with Gasteiger partial charge in [0, 0.05) is 24.2 Å². The van der Waals surface area contributed by atoms with Crippen LogP contribution in [0.2, 0.25) is 0 Å². The fourth-order valence-electron chi connectivity index (χ4n) is 3.02. The largest absolute Gasteiger partial charge is 0.307 e. The van der Waals surface area contributed by atoms with Gasteiger partial charge in [-0.05, 0) is 43.6 Å². The van der Waals surface area contributed by atoms with E-state index in [-0.39, 0.29) is 16.7 Å². The van der Waals surface area contributed by atoms with Crippen LogP contribution in [-0.4, -0.2) is 11.0 Å². The molecule has 0 amide bonds. The number of hydrogen-bond acceptors (Lipinski definition) is 3. The Morgan fingerprint density at radius 2 is 2.05 bits per heavy atom. The van der Waals surface area contributed by atoms with E-state index in [0.717, 1.165) is 17.9 Å². The molecule has 0 aliphatic heterocycles. The van der Waals surface area contributed by atoms with Crippen LogP contribution in [0.3, 0.4) is 0 Å². The highest BCUT2D eigenvalue weighted by molar-refractivity contribution is 5.35. The first-order valence-electron chi connectivity index (χ1n) is 7.60. The number of benzene rings is 1. The monoisotopic (exact) mass is 276 g/mol. The number of nitro benzene ring substituents is 1. The summed E-state index contributed by atoms with van der Waals surface area (Å²) in [7, 11) is 0. The van der Waals surface area contributed by atoms with Crippen LogP contribution in [0, 0.1) is 16.0 Å². The zero-order chi connectivity index (χ0) is 14.5. The normalized spacial score (nSPS) is 24.3. The quantitative estimate of drug-likeness (QED) is 0.647. The van der Waals surface area contributed by atoms with Crippen LogP contribution in [-0.2, 0) is 0 Å². The maximum atomic E-state index is 10.9. The lowest BCUT2D eigenvalue weighted by Crippen LogP contribution is -2.35. The summed E-state index contributed by atoms with van der Waals surface area (Å²) in [5.74, 6) is 0.839. The van der Waals surface area contributed by atoms with Gasteiger partial charge in [-0.2, -0.15) is 0 Å². The third-order valence-electron chi connectivity index (χ3n) is 4.34. The van der Waals surface area contributed by atoms with Gasteiger partial charge in [-0.3, -0.25) is 10.1 Å². The third-order valence-corrected chi connectivity index (χ3v) is 4.34. The summed E-state index contributed by atoms with van der Waals surface area (Å²) in [4.78, 5) is 10.6. The van der Waals surface area contributed by atoms with Gasteiger partial charge in [0.15, 0.2) is 0 Å². The van der Waals surface area contributed by atoms with E-state index >= 15 is 0 Å². The second-order valence-electron chi connectivity index (χ2n) is 5.94. The first-order chi connectivity index (χ1) is 9.60. The van der Waals surface area contributed by atoms with E-state index in [1.165, 1.54) is 25.7 Å². The fraction of sp³-hybridized carbons (Fsp3) is 0.625. The van der Waals surface area contributed by atoms with Gasteiger partial charge in [-0.15, -0.1) is 0 Å². The first kappa shape index (κ1) is 15.0. The minimum atomic E-state index is -0.321. The van der Waals surface area contributed by atoms with Crippen molar-refractivity contribution < 1.29 is 4.92 Å². The highest BCUT2D eigenvalue weighted by Gasteiger charge is 2.21. The molecular weight excluding hydrogens is 252 g/mol. The van der Waals surface area contributed by atoms with Crippen LogP contribution in [0.5, 0.6) is 0 Å². The second kappa shape index (κ2) is 6.84. The van der Waals surface area contributed by atoms with E-state index < -0.39 is 0 Å². The van der Waals surface area contributed by atoms with Crippen molar-refractivity contribution in [3.8, 4) is 0 Å². The maximum Gasteiger partial charge on any atom is 0.269 e. The number of rotatable bonds is 5. The molecule has 0 radical (unpaired) electrons. The van der Waals surface area contributed by atoms with Crippen molar-refractivity contribution in [3.63, 3.8) is 0 Å². The Kier molecular flexibility index (Phi) is 5.12. The molecule has 4 nitrogen and oxygen atoms in total. The Labute approximate surface area is 120 Å². The number of hydrogen-bond donors (Lipinski definition) is 1. The molecule has 1 atom stereocenters. The van der Waals surface area contributed by atoms with E-state index in [0.29, 0.717) is 6.04 Å².